The lowest BCUT2D eigenvalue weighted by Crippen LogP contribution is -2.35. The summed E-state index contributed by atoms with van der Waals surface area (Å²) in [6.07, 6.45) is 11.5. The zero-order valence-corrected chi connectivity index (χ0v) is 85.6. The monoisotopic (exact) mass is 2250 g/mol. The lowest BCUT2D eigenvalue weighted by molar-refractivity contribution is -0.120. The van der Waals surface area contributed by atoms with Gasteiger partial charge in [0.2, 0.25) is 35.4 Å². The smallest absolute Gasteiger partial charge is 0.217 e. The summed E-state index contributed by atoms with van der Waals surface area (Å²) >= 11 is 51.6. The molecular formula is C81H103Cl8I3N30O6. The van der Waals surface area contributed by atoms with Crippen LogP contribution in [0.3, 0.4) is 0 Å². The summed E-state index contributed by atoms with van der Waals surface area (Å²) in [4.78, 5) is 101. The average Bonchev–Trinajstić information content (AvgIpc) is 1.58. The van der Waals surface area contributed by atoms with Crippen molar-refractivity contribution in [1.82, 2.24) is 130 Å². The van der Waals surface area contributed by atoms with E-state index < -0.39 is 0 Å². The maximum absolute atomic E-state index is 11.2. The summed E-state index contributed by atoms with van der Waals surface area (Å²) in [6, 6.07) is 12.5. The number of aryl methyl sites for hydroxylation is 8. The van der Waals surface area contributed by atoms with Crippen LogP contribution >= 0.6 is 161 Å². The number of alkyl halides is 2. The predicted octanol–water partition coefficient (Wildman–Crippen LogP) is 11.8. The Labute approximate surface area is 821 Å². The van der Waals surface area contributed by atoms with E-state index in [9.17, 15) is 28.8 Å². The number of halogens is 11. The van der Waals surface area contributed by atoms with E-state index in [1.807, 2.05) is 88.9 Å². The Morgan fingerprint density at radius 2 is 0.617 bits per heavy atom. The van der Waals surface area contributed by atoms with Crippen molar-refractivity contribution in [3.8, 4) is 0 Å². The van der Waals surface area contributed by atoms with Crippen LogP contribution in [0.1, 0.15) is 126 Å². The molecule has 18 heterocycles. The number of nitrogens with one attached hydrogen (secondary N) is 8. The number of carbonyl (C=O) groups excluding carboxylic acids is 6. The second-order valence-electron chi connectivity index (χ2n) is 31.2. The molecule has 690 valence electrons. The van der Waals surface area contributed by atoms with Gasteiger partial charge in [-0.05, 0) is 199 Å². The van der Waals surface area contributed by atoms with Gasteiger partial charge in [-0.15, -0.1) is 23.2 Å². The summed E-state index contributed by atoms with van der Waals surface area (Å²) in [5.74, 6) is 0.221. The third-order valence-electron chi connectivity index (χ3n) is 20.3. The van der Waals surface area contributed by atoms with Crippen molar-refractivity contribution in [2.45, 2.75) is 172 Å². The number of rotatable bonds is 10. The number of hydrogen-bond donors (Lipinski definition) is 8. The topological polar surface area (TPSA) is 393 Å². The Kier molecular flexibility index (Phi) is 38.0. The molecule has 0 radical (unpaired) electrons. The van der Waals surface area contributed by atoms with Crippen molar-refractivity contribution < 1.29 is 28.8 Å². The third-order valence-corrected chi connectivity index (χ3v) is 25.3. The van der Waals surface area contributed by atoms with Gasteiger partial charge in [0.1, 0.15) is 11.1 Å². The molecule has 6 aliphatic rings. The fraction of sp³-hybridized carbons (Fsp3) is 0.481. The number of imidazole rings is 6. The fourth-order valence-corrected chi connectivity index (χ4v) is 17.8. The maximum Gasteiger partial charge on any atom is 0.217 e. The standard InChI is InChI=1S/C14H18IN5O.C14H19N5O.C13H15ClIN5O.C13H16ClN5O.C7H4Cl2IN3.C7H5Cl2N3.2C6H12N2O.CH2Cl2/c1-8-6-12(14-16-9(2)13(15)20(14)18-8)19-5-4-11(7-19)17-10(3)21;1-9-6-13(14-15-10(2)7-19(14)17-9)18-5-4-12(8-18)16-11(3)20;1-7-12(15)20-13(16-7)10(5-11(14)18-20)19-4-3-9(6-19)17-8(2)21;1-8-6-19-13(15-8)11(5-12(14)17-19)18-4-3-10(7-18)16-9(2)20;1-3-6(10)13-7(11-3)4(8)2-5(9)12-13;1-4-3-12-7(10-4)5(8)2-6(9)11-12;2*1-5(9)8-6-2-3-7-4-6;2-1-3/h6,11H,4-5,7H2,1-3H3,(H,17,21);6-7,12H,4-5,8H2,1-3H3,(H,16,20);5,9H,3-4,6H2,1-2H3,(H,17,21);5-6,10H,3-4,7H2,1-2H3,(H,16,20);2H,1H3;2-3H,1H3;2*6-7H,2-4H2,1H3,(H,8,9);1H2/t11-;12-;9-;10-;;;2*6-;/m1111..11./s1. The molecule has 128 heavy (non-hydrogen) atoms. The van der Waals surface area contributed by atoms with E-state index in [0.717, 1.165) is 219 Å². The van der Waals surface area contributed by atoms with Gasteiger partial charge >= 0.3 is 0 Å². The molecule has 36 nitrogen and oxygen atoms in total. The first kappa shape index (κ1) is 102. The molecule has 0 bridgehead atoms. The van der Waals surface area contributed by atoms with Crippen LogP contribution in [0.5, 0.6) is 0 Å². The van der Waals surface area contributed by atoms with Gasteiger partial charge < -0.3 is 62.1 Å². The van der Waals surface area contributed by atoms with Crippen LogP contribution in [-0.4, -0.2) is 243 Å². The van der Waals surface area contributed by atoms with E-state index in [4.69, 9.17) is 92.8 Å². The van der Waals surface area contributed by atoms with Crippen molar-refractivity contribution >= 4 is 253 Å². The van der Waals surface area contributed by atoms with Crippen molar-refractivity contribution in [2.24, 2.45) is 0 Å². The van der Waals surface area contributed by atoms with Crippen LogP contribution < -0.4 is 62.1 Å². The predicted molar refractivity (Wildman–Crippen MR) is 529 cm³/mol. The molecule has 6 aliphatic heterocycles. The van der Waals surface area contributed by atoms with Gasteiger partial charge in [0.05, 0.1) is 102 Å². The lowest BCUT2D eigenvalue weighted by Gasteiger charge is -2.19. The summed E-state index contributed by atoms with van der Waals surface area (Å²) in [5, 5.41) is 52.4. The second-order valence-corrected chi connectivity index (χ2v) is 37.4. The summed E-state index contributed by atoms with van der Waals surface area (Å²) < 4.78 is 13.4. The number of hydrogen-bond acceptors (Lipinski definition) is 24. The number of amides is 6. The number of nitrogens with zero attached hydrogens (tertiary/aromatic N) is 22. The van der Waals surface area contributed by atoms with Gasteiger partial charge in [0, 0.05) is 155 Å². The Morgan fingerprint density at radius 3 is 0.984 bits per heavy atom. The molecule has 6 saturated heterocycles. The van der Waals surface area contributed by atoms with Crippen LogP contribution in [0.15, 0.2) is 55.0 Å². The van der Waals surface area contributed by atoms with Gasteiger partial charge in [0.15, 0.2) is 54.5 Å². The molecule has 0 saturated carbocycles. The van der Waals surface area contributed by atoms with Crippen molar-refractivity contribution in [2.75, 3.05) is 103 Å². The second kappa shape index (κ2) is 47.5. The highest BCUT2D eigenvalue weighted by molar-refractivity contribution is 14.1. The zero-order chi connectivity index (χ0) is 93.2. The van der Waals surface area contributed by atoms with Gasteiger partial charge in [-0.2, -0.15) is 30.6 Å². The van der Waals surface area contributed by atoms with E-state index in [1.165, 1.54) is 0 Å². The van der Waals surface area contributed by atoms with Crippen LogP contribution in [0.25, 0.3) is 33.9 Å². The Hall–Kier alpha value is -7.83. The molecule has 0 aromatic carbocycles. The molecule has 12 aromatic rings. The summed E-state index contributed by atoms with van der Waals surface area (Å²) in [6.45, 7) is 35.6. The normalized spacial score (nSPS) is 17.9. The van der Waals surface area contributed by atoms with Crippen LogP contribution in [0.4, 0.5) is 22.7 Å². The Bertz CT molecular complexity index is 5670. The number of aromatic nitrogens is 18. The maximum atomic E-state index is 11.2. The minimum atomic E-state index is 0.00552. The molecule has 18 rings (SSSR count). The van der Waals surface area contributed by atoms with E-state index in [1.54, 1.807) is 77.9 Å². The molecule has 8 N–H and O–H groups in total. The first-order chi connectivity index (χ1) is 60.7. The van der Waals surface area contributed by atoms with E-state index >= 15 is 0 Å². The van der Waals surface area contributed by atoms with Crippen molar-refractivity contribution in [1.29, 1.82) is 0 Å². The van der Waals surface area contributed by atoms with E-state index in [-0.39, 0.29) is 64.9 Å². The molecule has 6 amide bonds. The highest BCUT2D eigenvalue weighted by atomic mass is 127. The fourth-order valence-electron chi connectivity index (χ4n) is 15.2. The highest BCUT2D eigenvalue weighted by Gasteiger charge is 2.31. The average molecular weight is 2260 g/mol. The highest BCUT2D eigenvalue weighted by Crippen LogP contribution is 2.33. The summed E-state index contributed by atoms with van der Waals surface area (Å²) in [7, 11) is 0. The van der Waals surface area contributed by atoms with Crippen molar-refractivity contribution in [3.05, 3.63) is 142 Å². The minimum absolute atomic E-state index is 0.00552. The zero-order valence-electron chi connectivity index (χ0n) is 73.0. The van der Waals surface area contributed by atoms with Crippen LogP contribution in [0.2, 0.25) is 30.7 Å². The SMILES string of the molecule is CC(=O)N[C@@H]1CCN(c2cc(C)nn3c(I)c(C)nc23)C1.CC(=O)N[C@@H]1CCN(c2cc(C)nn3cc(C)nc23)C1.CC(=O)N[C@@H]1CCN(c2cc(Cl)nn3c(I)c(C)nc23)C1.CC(=O)N[C@@H]1CCN(c2cc(Cl)nn3cc(C)nc23)C1.CC(=O)N[C@@H]1CCNC1.CC(=O)N[C@@H]1CCNC1.Cc1cn2nc(Cl)cc(Cl)c2n1.Cc1nc2c(Cl)cc(Cl)nn2c1I.ClCCl. The van der Waals surface area contributed by atoms with E-state index in [2.05, 4.69) is 203 Å². The number of carbonyl (C=O) groups is 6. The van der Waals surface area contributed by atoms with Crippen LogP contribution in [-0.2, 0) is 28.8 Å². The Balaban J connectivity index is 0.000000154. The number of anilines is 4. The molecule has 0 unspecified atom stereocenters. The third kappa shape index (κ3) is 28.6. The van der Waals surface area contributed by atoms with Crippen LogP contribution in [0, 0.1) is 66.5 Å². The Morgan fingerprint density at radius 1 is 0.344 bits per heavy atom. The minimum Gasteiger partial charge on any atom is -0.366 e. The van der Waals surface area contributed by atoms with Gasteiger partial charge in [-0.25, -0.2) is 57.0 Å². The molecule has 6 fully saturated rings. The van der Waals surface area contributed by atoms with E-state index in [0.29, 0.717) is 54.0 Å². The number of fused-ring (bicyclic) bond motifs is 6. The van der Waals surface area contributed by atoms with Gasteiger partial charge in [-0.1, -0.05) is 69.6 Å². The first-order valence-electron chi connectivity index (χ1n) is 41.0. The van der Waals surface area contributed by atoms with Gasteiger partial charge in [-0.3, -0.25) is 28.8 Å². The molecule has 6 atom stereocenters. The lowest BCUT2D eigenvalue weighted by atomic mass is 10.2. The molecule has 47 heteroatoms. The molecule has 0 aliphatic carbocycles. The van der Waals surface area contributed by atoms with Crippen molar-refractivity contribution in [3.63, 3.8) is 0 Å². The largest absolute Gasteiger partial charge is 0.366 e. The molecule has 12 aromatic heterocycles. The quantitative estimate of drug-likeness (QED) is 0.0466. The van der Waals surface area contributed by atoms with Gasteiger partial charge in [0.25, 0.3) is 0 Å². The molecule has 0 spiro atoms. The summed E-state index contributed by atoms with van der Waals surface area (Å²) in [5.41, 5.74) is 16.3. The molecular weight excluding hydrogens is 2150 g/mol. The first-order valence-corrected chi connectivity index (χ1v) is 47.6.